The predicted octanol–water partition coefficient (Wildman–Crippen LogP) is 4.97. The fourth-order valence-corrected chi connectivity index (χ4v) is 3.05. The number of hydrogen-bond donors (Lipinski definition) is 2. The molecule has 0 aliphatic carbocycles. The lowest BCUT2D eigenvalue weighted by atomic mass is 10.1. The van der Waals surface area contributed by atoms with Crippen LogP contribution in [0.4, 0.5) is 16.2 Å². The van der Waals surface area contributed by atoms with Crippen LogP contribution in [0.5, 0.6) is 0 Å². The minimum absolute atomic E-state index is 0.273. The van der Waals surface area contributed by atoms with Gasteiger partial charge in [-0.15, -0.1) is 0 Å². The highest BCUT2D eigenvalue weighted by Gasteiger charge is 2.11. The highest BCUT2D eigenvalue weighted by molar-refractivity contribution is 6.01. The maximum absolute atomic E-state index is 12.5. The van der Waals surface area contributed by atoms with Gasteiger partial charge in [0.1, 0.15) is 0 Å². The zero-order valence-electron chi connectivity index (χ0n) is 16.0. The first kappa shape index (κ1) is 17.7. The van der Waals surface area contributed by atoms with Gasteiger partial charge in [0.15, 0.2) is 0 Å². The summed E-state index contributed by atoms with van der Waals surface area (Å²) in [5.41, 5.74) is 6.43. The number of amides is 2. The van der Waals surface area contributed by atoms with Crippen LogP contribution in [-0.4, -0.2) is 20.4 Å². The first-order chi connectivity index (χ1) is 13.5. The largest absolute Gasteiger partial charge is 0.323 e. The van der Waals surface area contributed by atoms with Crippen LogP contribution in [-0.2, 0) is 0 Å². The summed E-state index contributed by atoms with van der Waals surface area (Å²) in [7, 11) is 0. The van der Waals surface area contributed by atoms with E-state index in [4.69, 9.17) is 0 Å². The van der Waals surface area contributed by atoms with E-state index in [1.165, 1.54) is 0 Å². The molecule has 0 atom stereocenters. The Bertz CT molecular complexity index is 1150. The summed E-state index contributed by atoms with van der Waals surface area (Å²) in [6.07, 6.45) is 5.54. The van der Waals surface area contributed by atoms with Crippen molar-refractivity contribution in [3.8, 4) is 11.3 Å². The number of carbonyl (C=O) groups is 1. The van der Waals surface area contributed by atoms with Gasteiger partial charge in [-0.2, -0.15) is 0 Å². The van der Waals surface area contributed by atoms with Gasteiger partial charge in [-0.3, -0.25) is 4.40 Å². The summed E-state index contributed by atoms with van der Waals surface area (Å²) in [4.78, 5) is 21.3. The predicted molar refractivity (Wildman–Crippen MR) is 112 cm³/mol. The number of aryl methyl sites for hydroxylation is 2. The zero-order chi connectivity index (χ0) is 19.7. The number of anilines is 2. The summed E-state index contributed by atoms with van der Waals surface area (Å²) in [5, 5.41) is 5.88. The van der Waals surface area contributed by atoms with Crippen LogP contribution in [0.3, 0.4) is 0 Å². The van der Waals surface area contributed by atoms with Crippen molar-refractivity contribution >= 4 is 23.2 Å². The molecule has 2 aromatic heterocycles. The highest BCUT2D eigenvalue weighted by Crippen LogP contribution is 2.25. The maximum Gasteiger partial charge on any atom is 0.323 e. The topological polar surface area (TPSA) is 71.3 Å². The van der Waals surface area contributed by atoms with Gasteiger partial charge in [0.25, 0.3) is 0 Å². The monoisotopic (exact) mass is 371 g/mol. The van der Waals surface area contributed by atoms with Gasteiger partial charge in [-0.25, -0.2) is 14.8 Å². The normalized spacial score (nSPS) is 10.8. The molecule has 0 radical (unpaired) electrons. The van der Waals surface area contributed by atoms with Crippen LogP contribution in [0.25, 0.3) is 17.0 Å². The molecule has 0 saturated heterocycles. The van der Waals surface area contributed by atoms with E-state index in [1.807, 2.05) is 80.0 Å². The molecule has 0 aliphatic rings. The van der Waals surface area contributed by atoms with Crippen LogP contribution in [0.1, 0.15) is 16.7 Å². The van der Waals surface area contributed by atoms with E-state index < -0.39 is 0 Å². The van der Waals surface area contributed by atoms with Crippen molar-refractivity contribution in [2.24, 2.45) is 0 Å². The number of nitrogens with one attached hydrogen (secondary N) is 2. The molecular weight excluding hydrogens is 350 g/mol. The summed E-state index contributed by atoms with van der Waals surface area (Å²) < 4.78 is 1.87. The number of carbonyl (C=O) groups excluding carboxylic acids is 1. The molecule has 0 bridgehead atoms. The average molecular weight is 371 g/mol. The molecule has 0 aliphatic heterocycles. The number of benzene rings is 2. The van der Waals surface area contributed by atoms with Crippen LogP contribution >= 0.6 is 0 Å². The fraction of sp³-hybridized carbons (Fsp3) is 0.136. The van der Waals surface area contributed by atoms with Gasteiger partial charge >= 0.3 is 6.03 Å². The minimum Gasteiger partial charge on any atom is -0.307 e. The van der Waals surface area contributed by atoms with Gasteiger partial charge in [0, 0.05) is 35.5 Å². The van der Waals surface area contributed by atoms with Crippen LogP contribution in [0.15, 0.2) is 61.1 Å². The molecule has 2 heterocycles. The van der Waals surface area contributed by atoms with Crippen LogP contribution in [0, 0.1) is 20.8 Å². The molecule has 0 spiro atoms. The third-order valence-electron chi connectivity index (χ3n) is 4.87. The Balaban J connectivity index is 1.58. The fourth-order valence-electron chi connectivity index (χ4n) is 3.05. The molecule has 0 unspecified atom stereocenters. The second-order valence-electron chi connectivity index (χ2n) is 6.81. The van der Waals surface area contributed by atoms with Crippen molar-refractivity contribution in [3.63, 3.8) is 0 Å². The Morgan fingerprint density at radius 3 is 2.61 bits per heavy atom. The Morgan fingerprint density at radius 2 is 1.79 bits per heavy atom. The Labute approximate surface area is 163 Å². The maximum atomic E-state index is 12.5. The summed E-state index contributed by atoms with van der Waals surface area (Å²) >= 11 is 0. The van der Waals surface area contributed by atoms with E-state index in [1.54, 1.807) is 6.20 Å². The van der Waals surface area contributed by atoms with Crippen molar-refractivity contribution in [2.45, 2.75) is 20.8 Å². The van der Waals surface area contributed by atoms with Crippen molar-refractivity contribution in [1.29, 1.82) is 0 Å². The zero-order valence-corrected chi connectivity index (χ0v) is 16.0. The molecule has 2 aromatic carbocycles. The molecule has 0 saturated carbocycles. The molecule has 4 aromatic rings. The van der Waals surface area contributed by atoms with Crippen molar-refractivity contribution < 1.29 is 4.79 Å². The van der Waals surface area contributed by atoms with E-state index in [9.17, 15) is 4.79 Å². The average Bonchev–Trinajstić information content (AvgIpc) is 3.11. The molecule has 6 heteroatoms. The van der Waals surface area contributed by atoms with Crippen molar-refractivity contribution in [1.82, 2.24) is 14.4 Å². The standard InChI is InChI=1S/C22H21N5O/c1-14-6-4-7-18(16(14)3)25-22(28)26-19-12-17(9-8-15(19)2)20-13-27-11-5-10-23-21(27)24-20/h4-13H,1-3H3,(H2,25,26,28). The van der Waals surface area contributed by atoms with Crippen LogP contribution < -0.4 is 10.6 Å². The summed E-state index contributed by atoms with van der Waals surface area (Å²) in [6, 6.07) is 13.3. The third kappa shape index (κ3) is 3.44. The van der Waals surface area contributed by atoms with Crippen molar-refractivity contribution in [3.05, 3.63) is 77.7 Å². The quantitative estimate of drug-likeness (QED) is 0.534. The van der Waals surface area contributed by atoms with E-state index in [-0.39, 0.29) is 6.03 Å². The molecule has 2 N–H and O–H groups in total. The summed E-state index contributed by atoms with van der Waals surface area (Å²) in [5.74, 6) is 0.639. The first-order valence-electron chi connectivity index (χ1n) is 9.06. The summed E-state index contributed by atoms with van der Waals surface area (Å²) in [6.45, 7) is 5.98. The number of nitrogens with zero attached hydrogens (tertiary/aromatic N) is 3. The van der Waals surface area contributed by atoms with E-state index in [2.05, 4.69) is 20.6 Å². The Kier molecular flexibility index (Phi) is 4.53. The Hall–Kier alpha value is -3.67. The number of aromatic nitrogens is 3. The minimum atomic E-state index is -0.273. The number of hydrogen-bond acceptors (Lipinski definition) is 3. The number of imidazole rings is 1. The smallest absolute Gasteiger partial charge is 0.307 e. The number of fused-ring (bicyclic) bond motifs is 1. The second kappa shape index (κ2) is 7.15. The highest BCUT2D eigenvalue weighted by atomic mass is 16.2. The lowest BCUT2D eigenvalue weighted by Crippen LogP contribution is -2.20. The molecule has 28 heavy (non-hydrogen) atoms. The molecule has 0 fully saturated rings. The Morgan fingerprint density at radius 1 is 0.964 bits per heavy atom. The van der Waals surface area contributed by atoms with Gasteiger partial charge < -0.3 is 10.6 Å². The number of rotatable bonds is 3. The van der Waals surface area contributed by atoms with E-state index >= 15 is 0 Å². The van der Waals surface area contributed by atoms with Gasteiger partial charge in [0.05, 0.1) is 5.69 Å². The second-order valence-corrected chi connectivity index (χ2v) is 6.81. The van der Waals surface area contributed by atoms with Gasteiger partial charge in [-0.05, 0) is 55.7 Å². The van der Waals surface area contributed by atoms with Crippen LogP contribution in [0.2, 0.25) is 0 Å². The molecule has 4 rings (SSSR count). The van der Waals surface area contributed by atoms with Crippen molar-refractivity contribution in [2.75, 3.05) is 10.6 Å². The third-order valence-corrected chi connectivity index (χ3v) is 4.87. The molecular formula is C22H21N5O. The van der Waals surface area contributed by atoms with E-state index in [0.29, 0.717) is 5.78 Å². The number of urea groups is 1. The van der Waals surface area contributed by atoms with Gasteiger partial charge in [-0.1, -0.05) is 24.3 Å². The van der Waals surface area contributed by atoms with E-state index in [0.717, 1.165) is 39.3 Å². The SMILES string of the molecule is Cc1ccc(-c2cn3cccnc3n2)cc1NC(=O)Nc1cccc(C)c1C. The lowest BCUT2D eigenvalue weighted by Gasteiger charge is -2.13. The lowest BCUT2D eigenvalue weighted by molar-refractivity contribution is 0.262. The molecule has 140 valence electrons. The molecule has 6 nitrogen and oxygen atoms in total. The first-order valence-corrected chi connectivity index (χ1v) is 9.06. The van der Waals surface area contributed by atoms with Gasteiger partial charge in [0.2, 0.25) is 5.78 Å². The molecule has 2 amide bonds.